The van der Waals surface area contributed by atoms with Crippen molar-refractivity contribution in [2.24, 2.45) is 17.8 Å². The number of benzene rings is 1. The van der Waals surface area contributed by atoms with E-state index in [-0.39, 0.29) is 29.5 Å². The van der Waals surface area contributed by atoms with Crippen molar-refractivity contribution in [2.75, 3.05) is 33.8 Å². The third kappa shape index (κ3) is 3.98. The third-order valence-electron chi connectivity index (χ3n) is 7.10. The van der Waals surface area contributed by atoms with Crippen molar-refractivity contribution < 1.29 is 19.1 Å². The van der Waals surface area contributed by atoms with Crippen LogP contribution < -0.4 is 4.74 Å². The molecule has 1 amide bonds. The summed E-state index contributed by atoms with van der Waals surface area (Å²) in [5.41, 5.74) is 1.48. The van der Waals surface area contributed by atoms with Gasteiger partial charge < -0.3 is 19.3 Å². The van der Waals surface area contributed by atoms with Crippen LogP contribution in [-0.2, 0) is 14.3 Å². The monoisotopic (exact) mass is 426 g/mol. The van der Waals surface area contributed by atoms with E-state index in [1.54, 1.807) is 0 Å². The zero-order chi connectivity index (χ0) is 22.3. The van der Waals surface area contributed by atoms with Crippen molar-refractivity contribution in [3.63, 3.8) is 0 Å². The first-order chi connectivity index (χ1) is 14.8. The molecule has 1 fully saturated rings. The average Bonchev–Trinajstić information content (AvgIpc) is 3.01. The SMILES string of the molecule is CCOc1ccc(C2C3=C(OC4CC(C)C(C)CC4C3=O)C(=O)N2CCN(C)C)cc1. The van der Waals surface area contributed by atoms with Gasteiger partial charge >= 0.3 is 0 Å². The molecule has 6 nitrogen and oxygen atoms in total. The Morgan fingerprint density at radius 1 is 1.10 bits per heavy atom. The molecule has 6 heteroatoms. The lowest BCUT2D eigenvalue weighted by Gasteiger charge is -2.40. The number of likely N-dealkylation sites (N-methyl/N-ethyl adjacent to an activating group) is 1. The molecule has 2 aliphatic heterocycles. The average molecular weight is 427 g/mol. The number of Topliss-reactive ketones (excluding diaryl/α,β-unsaturated/α-hetero) is 1. The van der Waals surface area contributed by atoms with Gasteiger partial charge in [0.1, 0.15) is 11.9 Å². The minimum Gasteiger partial charge on any atom is -0.494 e. The van der Waals surface area contributed by atoms with Crippen LogP contribution in [0.1, 0.15) is 45.2 Å². The number of amides is 1. The quantitative estimate of drug-likeness (QED) is 0.698. The third-order valence-corrected chi connectivity index (χ3v) is 7.10. The highest BCUT2D eigenvalue weighted by molar-refractivity contribution is 6.11. The Morgan fingerprint density at radius 3 is 2.42 bits per heavy atom. The zero-order valence-electron chi connectivity index (χ0n) is 19.3. The van der Waals surface area contributed by atoms with E-state index < -0.39 is 6.04 Å². The molecule has 0 saturated heterocycles. The number of ketones is 1. The maximum atomic E-state index is 13.7. The second-order valence-corrected chi connectivity index (χ2v) is 9.50. The largest absolute Gasteiger partial charge is 0.494 e. The standard InChI is InChI=1S/C25H34N2O4/c1-6-30-18-9-7-17(8-10-18)22-21-23(28)19-13-15(2)16(3)14-20(19)31-24(21)25(29)27(22)12-11-26(4)5/h7-10,15-16,19-20,22H,6,11-14H2,1-5H3. The van der Waals surface area contributed by atoms with Crippen LogP contribution in [0.3, 0.4) is 0 Å². The number of carbonyl (C=O) groups is 2. The molecule has 5 unspecified atom stereocenters. The Hall–Kier alpha value is -2.34. The number of carbonyl (C=O) groups excluding carboxylic acids is 2. The number of nitrogens with zero attached hydrogens (tertiary/aromatic N) is 2. The number of fused-ring (bicyclic) bond motifs is 1. The van der Waals surface area contributed by atoms with Gasteiger partial charge in [0.05, 0.1) is 24.1 Å². The maximum absolute atomic E-state index is 13.7. The highest BCUT2D eigenvalue weighted by Crippen LogP contribution is 2.48. The molecular weight excluding hydrogens is 392 g/mol. The lowest BCUT2D eigenvalue weighted by molar-refractivity contribution is -0.137. The van der Waals surface area contributed by atoms with Crippen LogP contribution in [0.4, 0.5) is 0 Å². The lowest BCUT2D eigenvalue weighted by atomic mass is 9.70. The molecule has 0 spiro atoms. The molecule has 31 heavy (non-hydrogen) atoms. The summed E-state index contributed by atoms with van der Waals surface area (Å²) in [6.07, 6.45) is 1.47. The molecule has 0 bridgehead atoms. The summed E-state index contributed by atoms with van der Waals surface area (Å²) in [7, 11) is 3.97. The fourth-order valence-corrected chi connectivity index (χ4v) is 5.11. The molecule has 5 atom stereocenters. The van der Waals surface area contributed by atoms with Gasteiger partial charge in [-0.15, -0.1) is 0 Å². The van der Waals surface area contributed by atoms with E-state index in [1.165, 1.54) is 0 Å². The van der Waals surface area contributed by atoms with Crippen LogP contribution in [0.5, 0.6) is 5.75 Å². The smallest absolute Gasteiger partial charge is 0.290 e. The summed E-state index contributed by atoms with van der Waals surface area (Å²) >= 11 is 0. The fraction of sp³-hybridized carbons (Fsp3) is 0.600. The van der Waals surface area contributed by atoms with Gasteiger partial charge in [-0.1, -0.05) is 26.0 Å². The Labute approximate surface area is 185 Å². The van der Waals surface area contributed by atoms with Gasteiger partial charge in [-0.25, -0.2) is 0 Å². The molecule has 1 aromatic carbocycles. The van der Waals surface area contributed by atoms with Crippen molar-refractivity contribution in [2.45, 2.75) is 45.8 Å². The lowest BCUT2D eigenvalue weighted by Crippen LogP contribution is -2.43. The van der Waals surface area contributed by atoms with Gasteiger partial charge in [-0.05, 0) is 63.4 Å². The van der Waals surface area contributed by atoms with E-state index in [1.807, 2.05) is 55.1 Å². The van der Waals surface area contributed by atoms with E-state index in [2.05, 4.69) is 13.8 Å². The van der Waals surface area contributed by atoms with Gasteiger partial charge in [0.25, 0.3) is 5.91 Å². The number of ether oxygens (including phenoxy) is 2. The van der Waals surface area contributed by atoms with Crippen molar-refractivity contribution in [3.05, 3.63) is 41.2 Å². The van der Waals surface area contributed by atoms with Crippen molar-refractivity contribution >= 4 is 11.7 Å². The van der Waals surface area contributed by atoms with E-state index in [0.717, 1.165) is 30.7 Å². The topological polar surface area (TPSA) is 59.1 Å². The van der Waals surface area contributed by atoms with Crippen LogP contribution in [0.25, 0.3) is 0 Å². The van der Waals surface area contributed by atoms with Gasteiger partial charge in [-0.3, -0.25) is 9.59 Å². The van der Waals surface area contributed by atoms with Crippen LogP contribution in [0, 0.1) is 17.8 Å². The zero-order valence-corrected chi connectivity index (χ0v) is 19.3. The van der Waals surface area contributed by atoms with Gasteiger partial charge in [-0.2, -0.15) is 0 Å². The van der Waals surface area contributed by atoms with Crippen LogP contribution in [0.15, 0.2) is 35.6 Å². The van der Waals surface area contributed by atoms with E-state index in [4.69, 9.17) is 9.47 Å². The van der Waals surface area contributed by atoms with Crippen molar-refractivity contribution in [1.29, 1.82) is 0 Å². The second kappa shape index (κ2) is 8.65. The molecule has 0 aromatic heterocycles. The highest BCUT2D eigenvalue weighted by atomic mass is 16.5. The Balaban J connectivity index is 1.72. The minimum atomic E-state index is -0.402. The number of rotatable bonds is 6. The Kier molecular flexibility index (Phi) is 6.11. The predicted molar refractivity (Wildman–Crippen MR) is 119 cm³/mol. The van der Waals surface area contributed by atoms with Crippen molar-refractivity contribution in [1.82, 2.24) is 9.80 Å². The van der Waals surface area contributed by atoms with Crippen LogP contribution in [0.2, 0.25) is 0 Å². The summed E-state index contributed by atoms with van der Waals surface area (Å²) in [5, 5.41) is 0. The van der Waals surface area contributed by atoms with E-state index >= 15 is 0 Å². The summed E-state index contributed by atoms with van der Waals surface area (Å²) in [6, 6.07) is 7.35. The first kappa shape index (κ1) is 21.9. The molecule has 0 N–H and O–H groups in total. The summed E-state index contributed by atoms with van der Waals surface area (Å²) in [4.78, 5) is 31.0. The van der Waals surface area contributed by atoms with E-state index in [0.29, 0.717) is 30.6 Å². The molecule has 0 radical (unpaired) electrons. The molecule has 1 aromatic rings. The van der Waals surface area contributed by atoms with Gasteiger partial charge in [0.2, 0.25) is 0 Å². The maximum Gasteiger partial charge on any atom is 0.290 e. The van der Waals surface area contributed by atoms with Gasteiger partial charge in [0.15, 0.2) is 11.5 Å². The van der Waals surface area contributed by atoms with Crippen LogP contribution >= 0.6 is 0 Å². The van der Waals surface area contributed by atoms with E-state index in [9.17, 15) is 9.59 Å². The minimum absolute atomic E-state index is 0.101. The van der Waals surface area contributed by atoms with Gasteiger partial charge in [0, 0.05) is 13.1 Å². The second-order valence-electron chi connectivity index (χ2n) is 9.50. The molecule has 1 aliphatic carbocycles. The Bertz CT molecular complexity index is 876. The molecule has 3 aliphatic rings. The fourth-order valence-electron chi connectivity index (χ4n) is 5.11. The molecule has 4 rings (SSSR count). The molecule has 168 valence electrons. The molecule has 1 saturated carbocycles. The van der Waals surface area contributed by atoms with Crippen molar-refractivity contribution in [3.8, 4) is 5.75 Å². The van der Waals surface area contributed by atoms with Crippen LogP contribution in [-0.4, -0.2) is 61.4 Å². The predicted octanol–water partition coefficient (Wildman–Crippen LogP) is 3.43. The number of hydrogen-bond donors (Lipinski definition) is 0. The number of hydrogen-bond acceptors (Lipinski definition) is 5. The highest BCUT2D eigenvalue weighted by Gasteiger charge is 2.53. The first-order valence-electron chi connectivity index (χ1n) is 11.4. The Morgan fingerprint density at radius 2 is 1.77 bits per heavy atom. The first-order valence-corrected chi connectivity index (χ1v) is 11.4. The molecular formula is C25H34N2O4. The summed E-state index contributed by atoms with van der Waals surface area (Å²) in [5.74, 6) is 1.81. The summed E-state index contributed by atoms with van der Waals surface area (Å²) in [6.45, 7) is 8.22. The normalized spacial score (nSPS) is 30.4. The summed E-state index contributed by atoms with van der Waals surface area (Å²) < 4.78 is 11.9. The molecule has 2 heterocycles.